The SMILES string of the molecule is OC(CCC1CCCC1)c1ccc(Cl)cc1Cl. The van der Waals surface area contributed by atoms with Crippen LogP contribution in [0.25, 0.3) is 0 Å². The lowest BCUT2D eigenvalue weighted by molar-refractivity contribution is 0.157. The Morgan fingerprint density at radius 1 is 1.24 bits per heavy atom. The van der Waals surface area contributed by atoms with Crippen molar-refractivity contribution in [3.8, 4) is 0 Å². The number of hydrogen-bond donors (Lipinski definition) is 1. The van der Waals surface area contributed by atoms with E-state index in [1.807, 2.05) is 6.07 Å². The van der Waals surface area contributed by atoms with Gasteiger partial charge in [0.15, 0.2) is 0 Å². The van der Waals surface area contributed by atoms with Crippen molar-refractivity contribution in [2.45, 2.75) is 44.6 Å². The Morgan fingerprint density at radius 3 is 2.59 bits per heavy atom. The summed E-state index contributed by atoms with van der Waals surface area (Å²) >= 11 is 11.9. The second kappa shape index (κ2) is 6.08. The molecule has 0 heterocycles. The third kappa shape index (κ3) is 3.61. The number of hydrogen-bond acceptors (Lipinski definition) is 1. The molecular weight excluding hydrogens is 255 g/mol. The van der Waals surface area contributed by atoms with Crippen LogP contribution in [0.2, 0.25) is 10.0 Å². The van der Waals surface area contributed by atoms with Crippen LogP contribution in [0.4, 0.5) is 0 Å². The molecule has 17 heavy (non-hydrogen) atoms. The molecule has 1 aromatic carbocycles. The lowest BCUT2D eigenvalue weighted by atomic mass is 9.96. The molecular formula is C14H18Cl2O. The van der Waals surface area contributed by atoms with Gasteiger partial charge in [0.1, 0.15) is 0 Å². The average Bonchev–Trinajstić information content (AvgIpc) is 2.78. The van der Waals surface area contributed by atoms with Crippen molar-refractivity contribution in [1.82, 2.24) is 0 Å². The first-order valence-electron chi connectivity index (χ1n) is 6.30. The molecule has 2 rings (SSSR count). The third-order valence-electron chi connectivity index (χ3n) is 3.64. The lowest BCUT2D eigenvalue weighted by Gasteiger charge is -2.15. The maximum atomic E-state index is 10.1. The van der Waals surface area contributed by atoms with Gasteiger partial charge >= 0.3 is 0 Å². The Balaban J connectivity index is 1.91. The summed E-state index contributed by atoms with van der Waals surface area (Å²) in [4.78, 5) is 0. The smallest absolute Gasteiger partial charge is 0.0804 e. The van der Waals surface area contributed by atoms with Gasteiger partial charge in [-0.05, 0) is 36.5 Å². The van der Waals surface area contributed by atoms with Crippen molar-refractivity contribution in [2.24, 2.45) is 5.92 Å². The van der Waals surface area contributed by atoms with Crippen LogP contribution in [-0.2, 0) is 0 Å². The van der Waals surface area contributed by atoms with Crippen LogP contribution < -0.4 is 0 Å². The molecule has 1 fully saturated rings. The molecule has 0 radical (unpaired) electrons. The highest BCUT2D eigenvalue weighted by molar-refractivity contribution is 6.35. The quantitative estimate of drug-likeness (QED) is 0.818. The van der Waals surface area contributed by atoms with Crippen LogP contribution >= 0.6 is 23.2 Å². The zero-order valence-corrected chi connectivity index (χ0v) is 11.3. The molecule has 1 aliphatic rings. The largest absolute Gasteiger partial charge is 0.388 e. The number of benzene rings is 1. The summed E-state index contributed by atoms with van der Waals surface area (Å²) in [5.41, 5.74) is 0.800. The first kappa shape index (κ1) is 13.2. The number of aliphatic hydroxyl groups excluding tert-OH is 1. The minimum absolute atomic E-state index is 0.458. The van der Waals surface area contributed by atoms with E-state index >= 15 is 0 Å². The second-order valence-electron chi connectivity index (χ2n) is 4.91. The highest BCUT2D eigenvalue weighted by Gasteiger charge is 2.18. The molecule has 1 nitrogen and oxygen atoms in total. The summed E-state index contributed by atoms with van der Waals surface area (Å²) in [6.07, 6.45) is 6.78. The number of aliphatic hydroxyl groups is 1. The Hall–Kier alpha value is -0.240. The highest BCUT2D eigenvalue weighted by Crippen LogP contribution is 2.33. The molecule has 0 spiro atoms. The first-order chi connectivity index (χ1) is 8.16. The topological polar surface area (TPSA) is 20.2 Å². The standard InChI is InChI=1S/C14H18Cl2O/c15-11-6-7-12(13(16)9-11)14(17)8-5-10-3-1-2-4-10/h6-7,9-10,14,17H,1-5,8H2. The van der Waals surface area contributed by atoms with E-state index in [9.17, 15) is 5.11 Å². The van der Waals surface area contributed by atoms with Gasteiger partial charge in [0.2, 0.25) is 0 Å². The van der Waals surface area contributed by atoms with Crippen LogP contribution in [0.1, 0.15) is 50.2 Å². The predicted octanol–water partition coefficient (Wildman–Crippen LogP) is 5.00. The zero-order valence-electron chi connectivity index (χ0n) is 9.83. The van der Waals surface area contributed by atoms with E-state index in [0.29, 0.717) is 10.0 Å². The van der Waals surface area contributed by atoms with Gasteiger partial charge in [-0.1, -0.05) is 55.0 Å². The van der Waals surface area contributed by atoms with Crippen molar-refractivity contribution in [3.63, 3.8) is 0 Å². The van der Waals surface area contributed by atoms with E-state index in [2.05, 4.69) is 0 Å². The van der Waals surface area contributed by atoms with E-state index in [0.717, 1.165) is 24.3 Å². The van der Waals surface area contributed by atoms with Crippen molar-refractivity contribution in [1.29, 1.82) is 0 Å². The van der Waals surface area contributed by atoms with Gasteiger partial charge in [-0.25, -0.2) is 0 Å². The Bertz CT molecular complexity index is 372. The molecule has 1 saturated carbocycles. The average molecular weight is 273 g/mol. The highest BCUT2D eigenvalue weighted by atomic mass is 35.5. The van der Waals surface area contributed by atoms with Crippen molar-refractivity contribution < 1.29 is 5.11 Å². The fourth-order valence-corrected chi connectivity index (χ4v) is 3.15. The van der Waals surface area contributed by atoms with Crippen molar-refractivity contribution in [3.05, 3.63) is 33.8 Å². The van der Waals surface area contributed by atoms with E-state index in [1.54, 1.807) is 12.1 Å². The molecule has 1 aromatic rings. The number of rotatable bonds is 4. The molecule has 1 N–H and O–H groups in total. The van der Waals surface area contributed by atoms with Gasteiger partial charge in [0.25, 0.3) is 0 Å². The van der Waals surface area contributed by atoms with Crippen LogP contribution in [0.3, 0.4) is 0 Å². The molecule has 0 aromatic heterocycles. The van der Waals surface area contributed by atoms with E-state index in [-0.39, 0.29) is 0 Å². The summed E-state index contributed by atoms with van der Waals surface area (Å²) in [6.45, 7) is 0. The first-order valence-corrected chi connectivity index (χ1v) is 7.05. The molecule has 1 unspecified atom stereocenters. The van der Waals surface area contributed by atoms with Crippen LogP contribution in [0.15, 0.2) is 18.2 Å². The molecule has 0 bridgehead atoms. The van der Waals surface area contributed by atoms with Crippen molar-refractivity contribution >= 4 is 23.2 Å². The Kier molecular flexibility index (Phi) is 4.72. The Morgan fingerprint density at radius 2 is 1.94 bits per heavy atom. The molecule has 0 amide bonds. The van der Waals surface area contributed by atoms with Gasteiger partial charge in [-0.2, -0.15) is 0 Å². The van der Waals surface area contributed by atoms with Crippen molar-refractivity contribution in [2.75, 3.05) is 0 Å². The van der Waals surface area contributed by atoms with Gasteiger partial charge in [-0.15, -0.1) is 0 Å². The maximum Gasteiger partial charge on any atom is 0.0804 e. The van der Waals surface area contributed by atoms with Gasteiger partial charge < -0.3 is 5.11 Å². The summed E-state index contributed by atoms with van der Waals surface area (Å²) < 4.78 is 0. The molecule has 0 aliphatic heterocycles. The zero-order chi connectivity index (χ0) is 12.3. The summed E-state index contributed by atoms with van der Waals surface area (Å²) in [5.74, 6) is 0.802. The van der Waals surface area contributed by atoms with Crippen LogP contribution in [0.5, 0.6) is 0 Å². The molecule has 1 aliphatic carbocycles. The lowest BCUT2D eigenvalue weighted by Crippen LogP contribution is -2.02. The van der Waals surface area contributed by atoms with Gasteiger partial charge in [-0.3, -0.25) is 0 Å². The monoisotopic (exact) mass is 272 g/mol. The fraction of sp³-hybridized carbons (Fsp3) is 0.571. The number of halogens is 2. The Labute approximate surface area is 113 Å². The van der Waals surface area contributed by atoms with Crippen LogP contribution in [-0.4, -0.2) is 5.11 Å². The molecule has 94 valence electrons. The van der Waals surface area contributed by atoms with Crippen LogP contribution in [0, 0.1) is 5.92 Å². The fourth-order valence-electron chi connectivity index (χ4n) is 2.62. The second-order valence-corrected chi connectivity index (χ2v) is 5.75. The van der Waals surface area contributed by atoms with E-state index in [4.69, 9.17) is 23.2 Å². The predicted molar refractivity (Wildman–Crippen MR) is 72.6 cm³/mol. The van der Waals surface area contributed by atoms with Gasteiger partial charge in [0, 0.05) is 10.0 Å². The van der Waals surface area contributed by atoms with E-state index < -0.39 is 6.10 Å². The molecule has 1 atom stereocenters. The van der Waals surface area contributed by atoms with Gasteiger partial charge in [0.05, 0.1) is 6.10 Å². The minimum atomic E-state index is -0.458. The molecule has 0 saturated heterocycles. The third-order valence-corrected chi connectivity index (χ3v) is 4.21. The molecule has 3 heteroatoms. The minimum Gasteiger partial charge on any atom is -0.388 e. The van der Waals surface area contributed by atoms with E-state index in [1.165, 1.54) is 25.7 Å². The maximum absolute atomic E-state index is 10.1. The summed E-state index contributed by atoms with van der Waals surface area (Å²) in [6, 6.07) is 5.29. The summed E-state index contributed by atoms with van der Waals surface area (Å²) in [7, 11) is 0. The normalized spacial score (nSPS) is 18.5. The summed E-state index contributed by atoms with van der Waals surface area (Å²) in [5, 5.41) is 11.3.